The van der Waals surface area contributed by atoms with Crippen LogP contribution in [0, 0.1) is 13.8 Å². The van der Waals surface area contributed by atoms with Crippen LogP contribution in [0.4, 0.5) is 0 Å². The predicted octanol–water partition coefficient (Wildman–Crippen LogP) is 2.75. The molecule has 3 rings (SSSR count). The molecule has 0 radical (unpaired) electrons. The Morgan fingerprint density at radius 1 is 1.24 bits per heavy atom. The second-order valence-corrected chi connectivity index (χ2v) is 7.00. The molecule has 0 aliphatic heterocycles. The maximum Gasteiger partial charge on any atom is 0.256 e. The molecule has 2 heterocycles. The molecule has 7 heteroatoms. The van der Waals surface area contributed by atoms with Crippen LogP contribution in [0.2, 0.25) is 0 Å². The van der Waals surface area contributed by atoms with E-state index in [0.29, 0.717) is 23.2 Å². The monoisotopic (exact) mass is 355 g/mol. The molecular weight excluding hydrogens is 334 g/mol. The zero-order valence-electron chi connectivity index (χ0n) is 14.6. The lowest BCUT2D eigenvalue weighted by Crippen LogP contribution is -2.29. The number of fused-ring (bicyclic) bond motifs is 1. The van der Waals surface area contributed by atoms with E-state index in [1.54, 1.807) is 0 Å². The first-order valence-electron chi connectivity index (χ1n) is 8.18. The molecule has 0 saturated carbocycles. The van der Waals surface area contributed by atoms with Gasteiger partial charge in [-0.15, -0.1) is 10.2 Å². The fraction of sp³-hybridized carbons (Fsp3) is 0.333. The summed E-state index contributed by atoms with van der Waals surface area (Å²) < 4.78 is 1.87. The Morgan fingerprint density at radius 3 is 2.76 bits per heavy atom. The van der Waals surface area contributed by atoms with Crippen LogP contribution < -0.4 is 5.32 Å². The molecule has 1 N–H and O–H groups in total. The maximum absolute atomic E-state index is 12.1. The van der Waals surface area contributed by atoms with E-state index in [1.807, 2.05) is 42.5 Å². The molecule has 6 nitrogen and oxygen atoms in total. The Morgan fingerprint density at radius 2 is 2.00 bits per heavy atom. The molecule has 0 aliphatic rings. The van der Waals surface area contributed by atoms with Crippen molar-refractivity contribution in [3.63, 3.8) is 0 Å². The number of aryl methyl sites for hydroxylation is 2. The van der Waals surface area contributed by atoms with Crippen LogP contribution in [0.3, 0.4) is 0 Å². The number of benzene rings is 1. The first kappa shape index (κ1) is 17.4. The smallest absolute Gasteiger partial charge is 0.256 e. The van der Waals surface area contributed by atoms with Gasteiger partial charge in [-0.1, -0.05) is 49.0 Å². The molecule has 3 aromatic rings. The molecule has 1 aromatic carbocycles. The first-order chi connectivity index (χ1) is 12.0. The lowest BCUT2D eigenvalue weighted by molar-refractivity contribution is -0.118. The second-order valence-electron chi connectivity index (χ2n) is 6.06. The second kappa shape index (κ2) is 7.65. The van der Waals surface area contributed by atoms with Crippen LogP contribution in [0.5, 0.6) is 0 Å². The summed E-state index contributed by atoms with van der Waals surface area (Å²) in [6.45, 7) is 6.63. The Balaban J connectivity index is 1.56. The zero-order chi connectivity index (χ0) is 17.8. The Hall–Kier alpha value is -2.41. The summed E-state index contributed by atoms with van der Waals surface area (Å²) >= 11 is 1.37. The highest BCUT2D eigenvalue weighted by Crippen LogP contribution is 2.18. The summed E-state index contributed by atoms with van der Waals surface area (Å²) in [6.07, 6.45) is 0. The van der Waals surface area contributed by atoms with Crippen LogP contribution in [-0.2, 0) is 4.79 Å². The number of hydrogen-bond donors (Lipinski definition) is 1. The molecule has 0 aliphatic carbocycles. The largest absolute Gasteiger partial charge is 0.355 e. The van der Waals surface area contributed by atoms with Gasteiger partial charge in [0.15, 0.2) is 5.16 Å². The summed E-state index contributed by atoms with van der Waals surface area (Å²) in [5.74, 6) is 1.13. The minimum Gasteiger partial charge on any atom is -0.355 e. The minimum absolute atomic E-state index is 0.0118. The van der Waals surface area contributed by atoms with E-state index in [9.17, 15) is 4.79 Å². The van der Waals surface area contributed by atoms with E-state index in [2.05, 4.69) is 39.6 Å². The van der Waals surface area contributed by atoms with Crippen LogP contribution >= 0.6 is 11.8 Å². The number of amides is 1. The average molecular weight is 355 g/mol. The topological polar surface area (TPSA) is 72.2 Å². The summed E-state index contributed by atoms with van der Waals surface area (Å²) in [4.78, 5) is 16.5. The van der Waals surface area contributed by atoms with Crippen molar-refractivity contribution >= 4 is 23.4 Å². The molecule has 0 spiro atoms. The van der Waals surface area contributed by atoms with Crippen molar-refractivity contribution in [2.75, 3.05) is 12.3 Å². The molecule has 0 fully saturated rings. The summed E-state index contributed by atoms with van der Waals surface area (Å²) in [7, 11) is 0. The maximum atomic E-state index is 12.1. The lowest BCUT2D eigenvalue weighted by Gasteiger charge is -2.12. The van der Waals surface area contributed by atoms with Crippen LogP contribution in [0.15, 0.2) is 41.6 Å². The van der Waals surface area contributed by atoms with Crippen molar-refractivity contribution < 1.29 is 4.79 Å². The van der Waals surface area contributed by atoms with Gasteiger partial charge in [0.2, 0.25) is 5.91 Å². The van der Waals surface area contributed by atoms with E-state index in [0.717, 1.165) is 11.4 Å². The predicted molar refractivity (Wildman–Crippen MR) is 98.8 cm³/mol. The van der Waals surface area contributed by atoms with Gasteiger partial charge in [0.25, 0.3) is 5.78 Å². The van der Waals surface area contributed by atoms with Crippen molar-refractivity contribution in [1.82, 2.24) is 24.9 Å². The fourth-order valence-electron chi connectivity index (χ4n) is 2.64. The van der Waals surface area contributed by atoms with Gasteiger partial charge in [0.1, 0.15) is 0 Å². The molecule has 130 valence electrons. The Kier molecular flexibility index (Phi) is 5.33. The molecule has 1 atom stereocenters. The Labute approximate surface area is 151 Å². The normalized spacial score (nSPS) is 12.3. The summed E-state index contributed by atoms with van der Waals surface area (Å²) in [6, 6.07) is 12.1. The molecule has 1 amide bonds. The van der Waals surface area contributed by atoms with Crippen LogP contribution in [0.1, 0.15) is 29.8 Å². The van der Waals surface area contributed by atoms with Crippen molar-refractivity contribution in [2.45, 2.75) is 31.8 Å². The number of carbonyl (C=O) groups excluding carboxylic acids is 1. The lowest BCUT2D eigenvalue weighted by atomic mass is 10.0. The third kappa shape index (κ3) is 4.17. The first-order valence-corrected chi connectivity index (χ1v) is 9.17. The van der Waals surface area contributed by atoms with Gasteiger partial charge < -0.3 is 5.32 Å². The van der Waals surface area contributed by atoms with E-state index in [1.165, 1.54) is 17.3 Å². The fourth-order valence-corrected chi connectivity index (χ4v) is 3.46. The third-order valence-electron chi connectivity index (χ3n) is 3.97. The number of nitrogens with one attached hydrogen (secondary N) is 1. The van der Waals surface area contributed by atoms with E-state index >= 15 is 0 Å². The number of nitrogens with zero attached hydrogens (tertiary/aromatic N) is 4. The van der Waals surface area contributed by atoms with Crippen molar-refractivity contribution in [3.8, 4) is 0 Å². The van der Waals surface area contributed by atoms with E-state index < -0.39 is 0 Å². The number of aromatic nitrogens is 4. The minimum atomic E-state index is -0.0118. The van der Waals surface area contributed by atoms with Crippen LogP contribution in [-0.4, -0.2) is 37.8 Å². The number of carbonyl (C=O) groups is 1. The summed E-state index contributed by atoms with van der Waals surface area (Å²) in [5.41, 5.74) is 3.13. The van der Waals surface area contributed by atoms with Crippen LogP contribution in [0.25, 0.3) is 5.78 Å². The van der Waals surface area contributed by atoms with Crippen molar-refractivity contribution in [3.05, 3.63) is 53.3 Å². The number of rotatable bonds is 6. The van der Waals surface area contributed by atoms with E-state index in [-0.39, 0.29) is 11.8 Å². The SMILES string of the molecule is Cc1cc(C)n2c(SCC(=O)NC[C@@H](C)c3ccccc3)nnc2n1. The molecular formula is C18H21N5OS. The number of hydrogen-bond acceptors (Lipinski definition) is 5. The standard InChI is InChI=1S/C18H21N5OS/c1-12(15-7-5-4-6-8-15)10-19-16(24)11-25-18-22-21-17-20-13(2)9-14(3)23(17)18/h4-9,12H,10-11H2,1-3H3,(H,19,24)/t12-/m1/s1. The van der Waals surface area contributed by atoms with Gasteiger partial charge in [0.05, 0.1) is 5.75 Å². The average Bonchev–Trinajstić information content (AvgIpc) is 3.01. The molecule has 25 heavy (non-hydrogen) atoms. The quantitative estimate of drug-likeness (QED) is 0.689. The summed E-state index contributed by atoms with van der Waals surface area (Å²) in [5, 5.41) is 11.9. The molecule has 0 bridgehead atoms. The highest BCUT2D eigenvalue weighted by molar-refractivity contribution is 7.99. The van der Waals surface area contributed by atoms with E-state index in [4.69, 9.17) is 0 Å². The third-order valence-corrected chi connectivity index (χ3v) is 4.90. The van der Waals surface area contributed by atoms with Gasteiger partial charge in [-0.2, -0.15) is 0 Å². The van der Waals surface area contributed by atoms with Gasteiger partial charge in [-0.05, 0) is 31.4 Å². The highest BCUT2D eigenvalue weighted by atomic mass is 32.2. The van der Waals surface area contributed by atoms with Crippen molar-refractivity contribution in [1.29, 1.82) is 0 Å². The van der Waals surface area contributed by atoms with Gasteiger partial charge >= 0.3 is 0 Å². The van der Waals surface area contributed by atoms with Crippen molar-refractivity contribution in [2.24, 2.45) is 0 Å². The highest BCUT2D eigenvalue weighted by Gasteiger charge is 2.13. The van der Waals surface area contributed by atoms with Gasteiger partial charge in [0, 0.05) is 17.9 Å². The molecule has 0 unspecified atom stereocenters. The molecule has 2 aromatic heterocycles. The molecule has 0 saturated heterocycles. The zero-order valence-corrected chi connectivity index (χ0v) is 15.4. The number of thioether (sulfide) groups is 1. The Bertz CT molecular complexity index is 878. The van der Waals surface area contributed by atoms with Gasteiger partial charge in [-0.3, -0.25) is 9.20 Å². The van der Waals surface area contributed by atoms with Gasteiger partial charge in [-0.25, -0.2) is 4.98 Å².